The van der Waals surface area contributed by atoms with Crippen molar-refractivity contribution in [3.05, 3.63) is 0 Å². The van der Waals surface area contributed by atoms with E-state index in [-0.39, 0.29) is 5.54 Å². The molecule has 1 N–H and O–H groups in total. The first kappa shape index (κ1) is 15.3. The quantitative estimate of drug-likeness (QED) is 0.721. The molecule has 112 valence electrons. The van der Waals surface area contributed by atoms with E-state index in [1.807, 2.05) is 0 Å². The Balaban J connectivity index is 1.98. The summed E-state index contributed by atoms with van der Waals surface area (Å²) in [6.07, 6.45) is 5.49. The molecule has 19 heavy (non-hydrogen) atoms. The fourth-order valence-electron chi connectivity index (χ4n) is 3.15. The van der Waals surface area contributed by atoms with E-state index in [2.05, 4.69) is 33.0 Å². The van der Waals surface area contributed by atoms with Crippen LogP contribution in [0.4, 0.5) is 0 Å². The molecule has 0 radical (unpaired) electrons. The van der Waals surface area contributed by atoms with Crippen LogP contribution < -0.4 is 5.32 Å². The van der Waals surface area contributed by atoms with Gasteiger partial charge in [-0.3, -0.25) is 0 Å². The van der Waals surface area contributed by atoms with Crippen LogP contribution >= 0.6 is 0 Å². The lowest BCUT2D eigenvalue weighted by molar-refractivity contribution is 0.00739. The molecule has 0 spiro atoms. The summed E-state index contributed by atoms with van der Waals surface area (Å²) in [5, 5.41) is 3.71. The van der Waals surface area contributed by atoms with Gasteiger partial charge in [0.1, 0.15) is 0 Å². The fourth-order valence-corrected chi connectivity index (χ4v) is 3.15. The lowest BCUT2D eigenvalue weighted by Crippen LogP contribution is -2.48. The van der Waals surface area contributed by atoms with E-state index in [1.54, 1.807) is 0 Å². The van der Waals surface area contributed by atoms with Crippen LogP contribution in [0.3, 0.4) is 0 Å². The van der Waals surface area contributed by atoms with Gasteiger partial charge in [-0.25, -0.2) is 0 Å². The van der Waals surface area contributed by atoms with E-state index in [9.17, 15) is 0 Å². The molecule has 2 fully saturated rings. The standard InChI is InChI=1S/C16H31NO2/c1-5-18-10-8-16(12-17-15(2,3)4)9-11-19-14(16)13-6-7-13/h13-14,17H,5-12H2,1-4H3. The Hall–Kier alpha value is -0.120. The summed E-state index contributed by atoms with van der Waals surface area (Å²) < 4.78 is 11.7. The van der Waals surface area contributed by atoms with Crippen LogP contribution in [0.2, 0.25) is 0 Å². The first-order valence-electron chi connectivity index (χ1n) is 7.91. The molecule has 2 unspecified atom stereocenters. The Labute approximate surface area is 118 Å². The molecule has 3 heteroatoms. The fraction of sp³-hybridized carbons (Fsp3) is 1.00. The van der Waals surface area contributed by atoms with Crippen molar-refractivity contribution in [2.45, 2.75) is 65.0 Å². The predicted octanol–water partition coefficient (Wildman–Crippen LogP) is 2.99. The molecule has 1 heterocycles. The molecule has 0 aromatic heterocycles. The van der Waals surface area contributed by atoms with Crippen LogP contribution in [-0.4, -0.2) is 38.0 Å². The number of hydrogen-bond donors (Lipinski definition) is 1. The smallest absolute Gasteiger partial charge is 0.0673 e. The summed E-state index contributed by atoms with van der Waals surface area (Å²) in [5.74, 6) is 0.811. The average Bonchev–Trinajstić information content (AvgIpc) is 3.09. The second-order valence-electron chi connectivity index (χ2n) is 7.29. The normalized spacial score (nSPS) is 31.9. The van der Waals surface area contributed by atoms with Gasteiger partial charge in [0.2, 0.25) is 0 Å². The number of rotatable bonds is 7. The molecule has 0 aromatic rings. The van der Waals surface area contributed by atoms with Crippen molar-refractivity contribution >= 4 is 0 Å². The Morgan fingerprint density at radius 3 is 2.63 bits per heavy atom. The highest BCUT2D eigenvalue weighted by Crippen LogP contribution is 2.49. The van der Waals surface area contributed by atoms with E-state index in [0.29, 0.717) is 11.5 Å². The van der Waals surface area contributed by atoms with Crippen LogP contribution in [0.1, 0.15) is 53.4 Å². The van der Waals surface area contributed by atoms with Gasteiger partial charge in [-0.1, -0.05) is 0 Å². The molecule has 1 saturated carbocycles. The molecule has 2 aliphatic rings. The van der Waals surface area contributed by atoms with E-state index in [0.717, 1.165) is 38.7 Å². The molecule has 3 nitrogen and oxygen atoms in total. The molecule has 0 amide bonds. The monoisotopic (exact) mass is 269 g/mol. The minimum Gasteiger partial charge on any atom is -0.382 e. The maximum absolute atomic E-state index is 6.09. The van der Waals surface area contributed by atoms with Crippen LogP contribution in [-0.2, 0) is 9.47 Å². The molecule has 2 atom stereocenters. The Kier molecular flexibility index (Phi) is 4.91. The second-order valence-corrected chi connectivity index (χ2v) is 7.29. The third kappa shape index (κ3) is 4.17. The number of hydrogen-bond acceptors (Lipinski definition) is 3. The summed E-state index contributed by atoms with van der Waals surface area (Å²) in [5.41, 5.74) is 0.471. The van der Waals surface area contributed by atoms with Gasteiger partial charge in [-0.05, 0) is 59.3 Å². The van der Waals surface area contributed by atoms with Crippen molar-refractivity contribution in [2.24, 2.45) is 11.3 Å². The van der Waals surface area contributed by atoms with Gasteiger partial charge in [-0.2, -0.15) is 0 Å². The molecule has 0 bridgehead atoms. The number of ether oxygens (including phenoxy) is 2. The van der Waals surface area contributed by atoms with Crippen LogP contribution in [0.25, 0.3) is 0 Å². The van der Waals surface area contributed by atoms with Gasteiger partial charge in [0, 0.05) is 37.3 Å². The highest BCUT2D eigenvalue weighted by atomic mass is 16.5. The van der Waals surface area contributed by atoms with Crippen LogP contribution in [0.5, 0.6) is 0 Å². The summed E-state index contributed by atoms with van der Waals surface area (Å²) in [7, 11) is 0. The van der Waals surface area contributed by atoms with Crippen LogP contribution in [0.15, 0.2) is 0 Å². The Bertz CT molecular complexity index is 283. The van der Waals surface area contributed by atoms with E-state index >= 15 is 0 Å². The number of nitrogens with one attached hydrogen (secondary N) is 1. The lowest BCUT2D eigenvalue weighted by Gasteiger charge is -2.37. The maximum atomic E-state index is 6.09. The molecule has 1 aliphatic heterocycles. The van der Waals surface area contributed by atoms with E-state index in [4.69, 9.17) is 9.47 Å². The van der Waals surface area contributed by atoms with Crippen molar-refractivity contribution in [3.63, 3.8) is 0 Å². The molecule has 1 aliphatic carbocycles. The van der Waals surface area contributed by atoms with Gasteiger partial charge in [0.15, 0.2) is 0 Å². The summed E-state index contributed by atoms with van der Waals surface area (Å²) in [6, 6.07) is 0. The molecular weight excluding hydrogens is 238 g/mol. The zero-order chi connectivity index (χ0) is 13.9. The third-order valence-corrected chi connectivity index (χ3v) is 4.47. The SMILES string of the molecule is CCOCCC1(CNC(C)(C)C)CCOC1C1CC1. The first-order valence-corrected chi connectivity index (χ1v) is 7.91. The average molecular weight is 269 g/mol. The van der Waals surface area contributed by atoms with Crippen molar-refractivity contribution < 1.29 is 9.47 Å². The second kappa shape index (κ2) is 6.11. The summed E-state index contributed by atoms with van der Waals surface area (Å²) in [6.45, 7) is 12.5. The van der Waals surface area contributed by atoms with Crippen molar-refractivity contribution in [2.75, 3.05) is 26.4 Å². The van der Waals surface area contributed by atoms with Gasteiger partial charge in [0.05, 0.1) is 6.10 Å². The molecular formula is C16H31NO2. The largest absolute Gasteiger partial charge is 0.382 e. The first-order chi connectivity index (χ1) is 8.97. The molecule has 0 aromatic carbocycles. The van der Waals surface area contributed by atoms with Crippen molar-refractivity contribution in [1.29, 1.82) is 0 Å². The topological polar surface area (TPSA) is 30.5 Å². The predicted molar refractivity (Wildman–Crippen MR) is 78.4 cm³/mol. The summed E-state index contributed by atoms with van der Waals surface area (Å²) in [4.78, 5) is 0. The lowest BCUT2D eigenvalue weighted by atomic mass is 9.75. The minimum atomic E-state index is 0.176. The molecule has 1 saturated heterocycles. The van der Waals surface area contributed by atoms with Crippen LogP contribution in [0, 0.1) is 11.3 Å². The van der Waals surface area contributed by atoms with Gasteiger partial charge in [-0.15, -0.1) is 0 Å². The Morgan fingerprint density at radius 2 is 2.05 bits per heavy atom. The third-order valence-electron chi connectivity index (χ3n) is 4.47. The summed E-state index contributed by atoms with van der Waals surface area (Å²) >= 11 is 0. The van der Waals surface area contributed by atoms with Gasteiger partial charge in [0.25, 0.3) is 0 Å². The maximum Gasteiger partial charge on any atom is 0.0673 e. The van der Waals surface area contributed by atoms with E-state index < -0.39 is 0 Å². The highest BCUT2D eigenvalue weighted by molar-refractivity contribution is 5.01. The highest BCUT2D eigenvalue weighted by Gasteiger charge is 2.50. The van der Waals surface area contributed by atoms with Gasteiger partial charge < -0.3 is 14.8 Å². The van der Waals surface area contributed by atoms with E-state index in [1.165, 1.54) is 19.3 Å². The zero-order valence-corrected chi connectivity index (χ0v) is 13.1. The Morgan fingerprint density at radius 1 is 1.32 bits per heavy atom. The zero-order valence-electron chi connectivity index (χ0n) is 13.1. The van der Waals surface area contributed by atoms with Crippen molar-refractivity contribution in [3.8, 4) is 0 Å². The van der Waals surface area contributed by atoms with Crippen molar-refractivity contribution in [1.82, 2.24) is 5.32 Å². The minimum absolute atomic E-state index is 0.176. The molecule has 2 rings (SSSR count). The van der Waals surface area contributed by atoms with Gasteiger partial charge >= 0.3 is 0 Å².